The number of pyridine rings is 1. The standard InChI is InChI=1S/C14H12ClF3N4O4/c15-9-5-19-7(4-8(9)14(16,17)18)6-21-12(23)22-10(20-21)2-1-3-11(22)26-13(24)25/h4-5,11H,1-3,6H2,(H,24,25). The van der Waals surface area contributed by atoms with Crippen LogP contribution in [-0.2, 0) is 23.9 Å². The van der Waals surface area contributed by atoms with Crippen LogP contribution in [0.4, 0.5) is 18.0 Å². The van der Waals surface area contributed by atoms with E-state index in [4.69, 9.17) is 16.7 Å². The van der Waals surface area contributed by atoms with Crippen molar-refractivity contribution in [3.63, 3.8) is 0 Å². The zero-order valence-corrected chi connectivity index (χ0v) is 13.8. The van der Waals surface area contributed by atoms with Gasteiger partial charge in [0.25, 0.3) is 0 Å². The number of hydrogen-bond donors (Lipinski definition) is 1. The molecule has 0 saturated carbocycles. The van der Waals surface area contributed by atoms with Crippen LogP contribution in [0.25, 0.3) is 0 Å². The molecule has 140 valence electrons. The number of carbonyl (C=O) groups is 1. The number of aryl methyl sites for hydroxylation is 1. The van der Waals surface area contributed by atoms with E-state index in [9.17, 15) is 22.8 Å². The fourth-order valence-corrected chi connectivity index (χ4v) is 2.97. The van der Waals surface area contributed by atoms with Crippen LogP contribution in [-0.4, -0.2) is 30.6 Å². The summed E-state index contributed by atoms with van der Waals surface area (Å²) in [5.74, 6) is 0.303. The molecule has 1 aliphatic rings. The van der Waals surface area contributed by atoms with Crippen molar-refractivity contribution in [1.29, 1.82) is 0 Å². The number of ether oxygens (including phenoxy) is 1. The predicted octanol–water partition coefficient (Wildman–Crippen LogP) is 2.69. The Morgan fingerprint density at radius 1 is 1.46 bits per heavy atom. The first-order valence-corrected chi connectivity index (χ1v) is 7.84. The van der Waals surface area contributed by atoms with Crippen molar-refractivity contribution in [3.8, 4) is 0 Å². The van der Waals surface area contributed by atoms with Crippen LogP contribution < -0.4 is 5.69 Å². The Kier molecular flexibility index (Phi) is 4.65. The summed E-state index contributed by atoms with van der Waals surface area (Å²) in [5, 5.41) is 12.3. The first-order valence-electron chi connectivity index (χ1n) is 7.46. The lowest BCUT2D eigenvalue weighted by molar-refractivity contribution is -0.137. The minimum Gasteiger partial charge on any atom is -0.450 e. The van der Waals surface area contributed by atoms with E-state index >= 15 is 0 Å². The van der Waals surface area contributed by atoms with E-state index in [0.29, 0.717) is 25.1 Å². The molecule has 1 atom stereocenters. The molecule has 0 aromatic carbocycles. The zero-order valence-electron chi connectivity index (χ0n) is 13.0. The minimum atomic E-state index is -4.66. The number of fused-ring (bicyclic) bond motifs is 1. The van der Waals surface area contributed by atoms with Crippen molar-refractivity contribution in [2.45, 2.75) is 38.2 Å². The van der Waals surface area contributed by atoms with E-state index in [1.807, 2.05) is 0 Å². The van der Waals surface area contributed by atoms with E-state index in [-0.39, 0.29) is 12.2 Å². The highest BCUT2D eigenvalue weighted by atomic mass is 35.5. The third-order valence-corrected chi connectivity index (χ3v) is 4.15. The number of nitrogens with zero attached hydrogens (tertiary/aromatic N) is 4. The minimum absolute atomic E-state index is 0.0602. The van der Waals surface area contributed by atoms with E-state index in [2.05, 4.69) is 14.8 Å². The number of rotatable bonds is 3. The molecule has 12 heteroatoms. The van der Waals surface area contributed by atoms with Gasteiger partial charge in [-0.25, -0.2) is 18.8 Å². The molecule has 2 aromatic heterocycles. The summed E-state index contributed by atoms with van der Waals surface area (Å²) in [6, 6.07) is 0.748. The van der Waals surface area contributed by atoms with E-state index in [0.717, 1.165) is 21.5 Å². The Bertz CT molecular complexity index is 909. The first kappa shape index (κ1) is 18.2. The summed E-state index contributed by atoms with van der Waals surface area (Å²) >= 11 is 5.52. The monoisotopic (exact) mass is 392 g/mol. The molecule has 0 fully saturated rings. The fraction of sp³-hybridized carbons (Fsp3) is 0.429. The van der Waals surface area contributed by atoms with Gasteiger partial charge < -0.3 is 9.84 Å². The van der Waals surface area contributed by atoms with Crippen LogP contribution in [0.5, 0.6) is 0 Å². The van der Waals surface area contributed by atoms with Crippen molar-refractivity contribution < 1.29 is 27.8 Å². The number of hydrogen-bond acceptors (Lipinski definition) is 5. The van der Waals surface area contributed by atoms with E-state index in [1.54, 1.807) is 0 Å². The molecule has 1 N–H and O–H groups in total. The molecule has 1 unspecified atom stereocenters. The second-order valence-corrected chi connectivity index (χ2v) is 6.02. The molecule has 3 rings (SSSR count). The van der Waals surface area contributed by atoms with Crippen LogP contribution >= 0.6 is 11.6 Å². The van der Waals surface area contributed by atoms with Crippen molar-refractivity contribution in [1.82, 2.24) is 19.3 Å². The van der Waals surface area contributed by atoms with Crippen molar-refractivity contribution in [3.05, 3.63) is 44.9 Å². The van der Waals surface area contributed by atoms with Crippen molar-refractivity contribution >= 4 is 17.8 Å². The highest BCUT2D eigenvalue weighted by molar-refractivity contribution is 6.31. The van der Waals surface area contributed by atoms with Gasteiger partial charge in [-0.3, -0.25) is 4.98 Å². The van der Waals surface area contributed by atoms with Gasteiger partial charge in [-0.05, 0) is 12.5 Å². The molecule has 0 saturated heterocycles. The third-order valence-electron chi connectivity index (χ3n) is 3.85. The van der Waals surface area contributed by atoms with Gasteiger partial charge in [-0.1, -0.05) is 11.6 Å². The molecular formula is C14H12ClF3N4O4. The largest absolute Gasteiger partial charge is 0.507 e. The maximum Gasteiger partial charge on any atom is 0.507 e. The Labute approximate surface area is 148 Å². The number of carboxylic acid groups (broad SMARTS) is 1. The summed E-state index contributed by atoms with van der Waals surface area (Å²) in [7, 11) is 0. The lowest BCUT2D eigenvalue weighted by Crippen LogP contribution is -2.33. The normalized spacial score (nSPS) is 17.0. The third kappa shape index (κ3) is 3.52. The van der Waals surface area contributed by atoms with Crippen LogP contribution in [0.15, 0.2) is 17.1 Å². The summed E-state index contributed by atoms with van der Waals surface area (Å²) in [6.45, 7) is -0.321. The lowest BCUT2D eigenvalue weighted by atomic mass is 10.1. The number of alkyl halides is 3. The zero-order chi connectivity index (χ0) is 19.1. The molecule has 1 aliphatic heterocycles. The second kappa shape index (κ2) is 6.63. The Hall–Kier alpha value is -2.56. The molecule has 3 heterocycles. The molecule has 26 heavy (non-hydrogen) atoms. The van der Waals surface area contributed by atoms with Gasteiger partial charge in [0.2, 0.25) is 0 Å². The predicted molar refractivity (Wildman–Crippen MR) is 80.9 cm³/mol. The summed E-state index contributed by atoms with van der Waals surface area (Å²) in [4.78, 5) is 27.0. The maximum atomic E-state index is 12.9. The summed E-state index contributed by atoms with van der Waals surface area (Å²) < 4.78 is 45.5. The molecule has 0 radical (unpaired) electrons. The topological polar surface area (TPSA) is 99.2 Å². The van der Waals surface area contributed by atoms with Gasteiger partial charge in [-0.2, -0.15) is 18.3 Å². The molecule has 0 bridgehead atoms. The smallest absolute Gasteiger partial charge is 0.450 e. The van der Waals surface area contributed by atoms with Crippen molar-refractivity contribution in [2.24, 2.45) is 0 Å². The van der Waals surface area contributed by atoms with Crippen LogP contribution in [0.2, 0.25) is 5.02 Å². The highest BCUT2D eigenvalue weighted by Gasteiger charge is 2.34. The SMILES string of the molecule is O=C(O)OC1CCCc2nn(Cc3cc(C(F)(F)F)c(Cl)cn3)c(=O)n21. The first-order chi connectivity index (χ1) is 12.2. The lowest BCUT2D eigenvalue weighted by Gasteiger charge is -2.21. The van der Waals surface area contributed by atoms with Gasteiger partial charge in [-0.15, -0.1) is 0 Å². The van der Waals surface area contributed by atoms with E-state index in [1.165, 1.54) is 0 Å². The Morgan fingerprint density at radius 3 is 2.85 bits per heavy atom. The molecule has 0 amide bonds. The number of aromatic nitrogens is 4. The molecule has 0 aliphatic carbocycles. The summed E-state index contributed by atoms with van der Waals surface area (Å²) in [5.41, 5.74) is -1.81. The highest BCUT2D eigenvalue weighted by Crippen LogP contribution is 2.34. The fourth-order valence-electron chi connectivity index (χ4n) is 2.76. The van der Waals surface area contributed by atoms with Gasteiger partial charge in [0, 0.05) is 19.0 Å². The molecule has 8 nitrogen and oxygen atoms in total. The van der Waals surface area contributed by atoms with Gasteiger partial charge in [0.15, 0.2) is 6.23 Å². The number of halogens is 4. The van der Waals surface area contributed by atoms with Gasteiger partial charge in [0.05, 0.1) is 22.8 Å². The Balaban J connectivity index is 1.94. The van der Waals surface area contributed by atoms with Crippen molar-refractivity contribution in [2.75, 3.05) is 0 Å². The quantitative estimate of drug-likeness (QED) is 0.806. The van der Waals surface area contributed by atoms with Crippen LogP contribution in [0, 0.1) is 0 Å². The van der Waals surface area contributed by atoms with Crippen LogP contribution in [0.3, 0.4) is 0 Å². The summed E-state index contributed by atoms with van der Waals surface area (Å²) in [6.07, 6.45) is -5.05. The van der Waals surface area contributed by atoms with Gasteiger partial charge >= 0.3 is 18.0 Å². The molecule has 2 aromatic rings. The second-order valence-electron chi connectivity index (χ2n) is 5.61. The molecule has 0 spiro atoms. The molecular weight excluding hydrogens is 381 g/mol. The Morgan fingerprint density at radius 2 is 2.19 bits per heavy atom. The average Bonchev–Trinajstić information content (AvgIpc) is 2.85. The van der Waals surface area contributed by atoms with Gasteiger partial charge in [0.1, 0.15) is 5.82 Å². The average molecular weight is 393 g/mol. The van der Waals surface area contributed by atoms with Crippen LogP contribution in [0.1, 0.15) is 36.2 Å². The van der Waals surface area contributed by atoms with E-state index < -0.39 is 34.8 Å². The maximum absolute atomic E-state index is 12.9.